The number of carbonyl (C=O) groups is 3. The fraction of sp³-hybridized carbons (Fsp3) is 0.136. The number of rotatable bonds is 6. The molecule has 3 aromatic rings. The van der Waals surface area contributed by atoms with Gasteiger partial charge in [-0.25, -0.2) is 9.59 Å². The molecule has 0 fully saturated rings. The number of anilines is 1. The van der Waals surface area contributed by atoms with E-state index in [9.17, 15) is 14.4 Å². The minimum Gasteiger partial charge on any atom is -0.484 e. The van der Waals surface area contributed by atoms with Crippen LogP contribution in [0.5, 0.6) is 5.75 Å². The van der Waals surface area contributed by atoms with Gasteiger partial charge in [0.05, 0.1) is 25.3 Å². The molecule has 1 amide bonds. The number of benzene rings is 3. The molecule has 0 heterocycles. The van der Waals surface area contributed by atoms with Gasteiger partial charge in [-0.1, -0.05) is 30.3 Å². The standard InChI is InChI=1S/C22H19NO6/c1-27-21(25)16-9-17(22(26)28-2)11-18(10-16)23-20(24)13-29-19-8-7-14-5-3-4-6-15(14)12-19/h3-12H,13H2,1-2H3,(H,23,24). The molecule has 0 spiro atoms. The van der Waals surface area contributed by atoms with Crippen molar-refractivity contribution in [3.05, 3.63) is 71.8 Å². The summed E-state index contributed by atoms with van der Waals surface area (Å²) < 4.78 is 14.9. The Morgan fingerprint density at radius 2 is 1.41 bits per heavy atom. The molecule has 0 bridgehead atoms. The summed E-state index contributed by atoms with van der Waals surface area (Å²) in [6, 6.07) is 17.5. The molecule has 7 heteroatoms. The van der Waals surface area contributed by atoms with Crippen molar-refractivity contribution in [2.45, 2.75) is 0 Å². The fourth-order valence-electron chi connectivity index (χ4n) is 2.77. The molecule has 3 aromatic carbocycles. The van der Waals surface area contributed by atoms with Crippen molar-refractivity contribution < 1.29 is 28.6 Å². The zero-order valence-corrected chi connectivity index (χ0v) is 15.9. The number of amides is 1. The van der Waals surface area contributed by atoms with Crippen LogP contribution in [0.1, 0.15) is 20.7 Å². The summed E-state index contributed by atoms with van der Waals surface area (Å²) in [5, 5.41) is 4.68. The van der Waals surface area contributed by atoms with E-state index in [1.54, 1.807) is 6.07 Å². The van der Waals surface area contributed by atoms with Gasteiger partial charge in [-0.2, -0.15) is 0 Å². The highest BCUT2D eigenvalue weighted by molar-refractivity contribution is 5.99. The minimum absolute atomic E-state index is 0.112. The van der Waals surface area contributed by atoms with Crippen molar-refractivity contribution in [3.63, 3.8) is 0 Å². The van der Waals surface area contributed by atoms with Crippen LogP contribution in [0.3, 0.4) is 0 Å². The maximum absolute atomic E-state index is 12.3. The van der Waals surface area contributed by atoms with E-state index in [4.69, 9.17) is 4.74 Å². The largest absolute Gasteiger partial charge is 0.484 e. The maximum atomic E-state index is 12.3. The van der Waals surface area contributed by atoms with Crippen LogP contribution in [0.25, 0.3) is 10.8 Å². The van der Waals surface area contributed by atoms with Gasteiger partial charge in [0, 0.05) is 5.69 Å². The topological polar surface area (TPSA) is 90.9 Å². The predicted molar refractivity (Wildman–Crippen MR) is 107 cm³/mol. The van der Waals surface area contributed by atoms with Crippen molar-refractivity contribution in [3.8, 4) is 5.75 Å². The molecular weight excluding hydrogens is 374 g/mol. The molecule has 0 unspecified atom stereocenters. The molecule has 0 aliphatic rings. The van der Waals surface area contributed by atoms with Gasteiger partial charge in [-0.15, -0.1) is 0 Å². The summed E-state index contributed by atoms with van der Waals surface area (Å²) in [5.41, 5.74) is 0.475. The highest BCUT2D eigenvalue weighted by Gasteiger charge is 2.15. The fourth-order valence-corrected chi connectivity index (χ4v) is 2.77. The van der Waals surface area contributed by atoms with Crippen LogP contribution in [0.4, 0.5) is 5.69 Å². The summed E-state index contributed by atoms with van der Waals surface area (Å²) in [6.07, 6.45) is 0. The van der Waals surface area contributed by atoms with Crippen LogP contribution < -0.4 is 10.1 Å². The number of carbonyl (C=O) groups excluding carboxylic acids is 3. The van der Waals surface area contributed by atoms with Gasteiger partial charge in [0.1, 0.15) is 5.75 Å². The van der Waals surface area contributed by atoms with Crippen molar-refractivity contribution in [1.82, 2.24) is 0 Å². The lowest BCUT2D eigenvalue weighted by atomic mass is 10.1. The average Bonchev–Trinajstić information content (AvgIpc) is 2.76. The quantitative estimate of drug-likeness (QED) is 0.645. The number of esters is 2. The molecule has 7 nitrogen and oxygen atoms in total. The van der Waals surface area contributed by atoms with Crippen molar-refractivity contribution in [1.29, 1.82) is 0 Å². The Balaban J connectivity index is 1.71. The van der Waals surface area contributed by atoms with E-state index in [1.165, 1.54) is 32.4 Å². The van der Waals surface area contributed by atoms with Gasteiger partial charge < -0.3 is 19.5 Å². The Morgan fingerprint density at radius 1 is 0.793 bits per heavy atom. The van der Waals surface area contributed by atoms with Crippen molar-refractivity contribution in [2.75, 3.05) is 26.1 Å². The molecule has 29 heavy (non-hydrogen) atoms. The second-order valence-corrected chi connectivity index (χ2v) is 6.13. The van der Waals surface area contributed by atoms with Crippen LogP contribution in [0.2, 0.25) is 0 Å². The van der Waals surface area contributed by atoms with Gasteiger partial charge in [0.2, 0.25) is 0 Å². The first-order chi connectivity index (χ1) is 14.0. The summed E-state index contributed by atoms with van der Waals surface area (Å²) in [7, 11) is 2.45. The normalized spacial score (nSPS) is 10.3. The van der Waals surface area contributed by atoms with E-state index in [0.717, 1.165) is 10.8 Å². The molecule has 3 rings (SSSR count). The third kappa shape index (κ3) is 4.90. The minimum atomic E-state index is -0.640. The van der Waals surface area contributed by atoms with E-state index in [0.29, 0.717) is 5.75 Å². The van der Waals surface area contributed by atoms with Crippen LogP contribution in [-0.4, -0.2) is 38.7 Å². The molecule has 0 atom stereocenters. The zero-order valence-electron chi connectivity index (χ0n) is 15.9. The lowest BCUT2D eigenvalue weighted by molar-refractivity contribution is -0.118. The van der Waals surface area contributed by atoms with E-state index in [1.807, 2.05) is 36.4 Å². The van der Waals surface area contributed by atoms with Crippen LogP contribution in [0.15, 0.2) is 60.7 Å². The summed E-state index contributed by atoms with van der Waals surface area (Å²) in [4.78, 5) is 35.9. The molecule has 0 aliphatic heterocycles. The Kier molecular flexibility index (Phi) is 6.09. The van der Waals surface area contributed by atoms with E-state index in [-0.39, 0.29) is 23.4 Å². The molecule has 148 valence electrons. The van der Waals surface area contributed by atoms with Gasteiger partial charge in [0.15, 0.2) is 6.61 Å². The van der Waals surface area contributed by atoms with Gasteiger partial charge >= 0.3 is 11.9 Å². The maximum Gasteiger partial charge on any atom is 0.337 e. The smallest absolute Gasteiger partial charge is 0.337 e. The molecule has 0 radical (unpaired) electrons. The molecular formula is C22H19NO6. The lowest BCUT2D eigenvalue weighted by Crippen LogP contribution is -2.21. The number of nitrogens with one attached hydrogen (secondary N) is 1. The zero-order chi connectivity index (χ0) is 20.8. The van der Waals surface area contributed by atoms with Crippen LogP contribution in [0, 0.1) is 0 Å². The third-order valence-corrected chi connectivity index (χ3v) is 4.15. The Hall–Kier alpha value is -3.87. The molecule has 1 N–H and O–H groups in total. The number of methoxy groups -OCH3 is 2. The third-order valence-electron chi connectivity index (χ3n) is 4.15. The number of hydrogen-bond acceptors (Lipinski definition) is 6. The number of fused-ring (bicyclic) bond motifs is 1. The summed E-state index contributed by atoms with van der Waals surface area (Å²) in [6.45, 7) is -0.242. The van der Waals surface area contributed by atoms with Crippen LogP contribution >= 0.6 is 0 Å². The number of ether oxygens (including phenoxy) is 3. The Labute approximate surface area is 167 Å². The van der Waals surface area contributed by atoms with Crippen LogP contribution in [-0.2, 0) is 14.3 Å². The van der Waals surface area contributed by atoms with Gasteiger partial charge in [-0.05, 0) is 41.1 Å². The Bertz CT molecular complexity index is 1040. The SMILES string of the molecule is COC(=O)c1cc(NC(=O)COc2ccc3ccccc3c2)cc(C(=O)OC)c1. The number of hydrogen-bond donors (Lipinski definition) is 1. The predicted octanol–water partition coefficient (Wildman–Crippen LogP) is 3.43. The Morgan fingerprint density at radius 3 is 2.03 bits per heavy atom. The summed E-state index contributed by atoms with van der Waals surface area (Å²) in [5.74, 6) is -1.18. The second kappa shape index (κ2) is 8.88. The van der Waals surface area contributed by atoms with E-state index < -0.39 is 17.8 Å². The van der Waals surface area contributed by atoms with E-state index in [2.05, 4.69) is 14.8 Å². The van der Waals surface area contributed by atoms with Crippen molar-refractivity contribution in [2.24, 2.45) is 0 Å². The lowest BCUT2D eigenvalue weighted by Gasteiger charge is -2.11. The highest BCUT2D eigenvalue weighted by Crippen LogP contribution is 2.21. The molecule has 0 aliphatic carbocycles. The van der Waals surface area contributed by atoms with Gasteiger partial charge in [0.25, 0.3) is 5.91 Å². The first-order valence-corrected chi connectivity index (χ1v) is 8.73. The highest BCUT2D eigenvalue weighted by atomic mass is 16.5. The molecule has 0 saturated heterocycles. The first-order valence-electron chi connectivity index (χ1n) is 8.73. The van der Waals surface area contributed by atoms with Gasteiger partial charge in [-0.3, -0.25) is 4.79 Å². The van der Waals surface area contributed by atoms with E-state index >= 15 is 0 Å². The molecule has 0 saturated carbocycles. The first kappa shape index (κ1) is 19.9. The monoisotopic (exact) mass is 393 g/mol. The second-order valence-electron chi connectivity index (χ2n) is 6.13. The average molecular weight is 393 g/mol. The molecule has 0 aromatic heterocycles. The summed E-state index contributed by atoms with van der Waals surface area (Å²) >= 11 is 0. The van der Waals surface area contributed by atoms with Crippen molar-refractivity contribution >= 4 is 34.3 Å².